The van der Waals surface area contributed by atoms with E-state index in [9.17, 15) is 14.4 Å². The van der Waals surface area contributed by atoms with Crippen LogP contribution in [-0.4, -0.2) is 163 Å². The minimum atomic E-state index is -0.434. The van der Waals surface area contributed by atoms with Crippen molar-refractivity contribution in [3.05, 3.63) is 35.4 Å². The second-order valence-electron chi connectivity index (χ2n) is 15.1. The highest BCUT2D eigenvalue weighted by atomic mass is 16.6. The van der Waals surface area contributed by atoms with Crippen LogP contribution in [0.25, 0.3) is 0 Å². The maximum absolute atomic E-state index is 11.9. The minimum absolute atomic E-state index is 0.0417. The molecule has 15 heteroatoms. The fourth-order valence-corrected chi connectivity index (χ4v) is 4.71. The van der Waals surface area contributed by atoms with Gasteiger partial charge in [-0.25, -0.2) is 0 Å². The fraction of sp³-hybridized carbons (Fsp3) is 0.809. The maximum atomic E-state index is 11.9. The number of benzene rings is 1. The Morgan fingerprint density at radius 3 is 1.42 bits per heavy atom. The smallest absolute Gasteiger partial charge is 0.222 e. The molecule has 0 aromatic heterocycles. The number of hydrogen-bond acceptors (Lipinski definition) is 14. The third-order valence-corrected chi connectivity index (χ3v) is 8.11. The normalized spacial score (nSPS) is 11.4. The zero-order valence-electron chi connectivity index (χ0n) is 40.5. The van der Waals surface area contributed by atoms with Crippen molar-refractivity contribution in [2.75, 3.05) is 133 Å². The van der Waals surface area contributed by atoms with Crippen molar-refractivity contribution in [2.24, 2.45) is 11.7 Å². The Balaban J connectivity index is -0.00000123. The van der Waals surface area contributed by atoms with Gasteiger partial charge in [0.15, 0.2) is 0 Å². The summed E-state index contributed by atoms with van der Waals surface area (Å²) >= 11 is 0. The molecule has 15 nitrogen and oxygen atoms in total. The Bertz CT molecular complexity index is 1060. The number of carbonyl (C=O) groups is 3. The summed E-state index contributed by atoms with van der Waals surface area (Å²) in [5.74, 6) is 0.530. The molecule has 1 aromatic rings. The van der Waals surface area contributed by atoms with E-state index in [1.54, 1.807) is 7.11 Å². The van der Waals surface area contributed by atoms with Crippen LogP contribution in [0, 0.1) is 5.92 Å². The van der Waals surface area contributed by atoms with E-state index in [0.717, 1.165) is 51.2 Å². The number of hydrogen-bond donors (Lipinski definition) is 3. The lowest BCUT2D eigenvalue weighted by molar-refractivity contribution is -0.125. The van der Waals surface area contributed by atoms with Gasteiger partial charge in [0, 0.05) is 26.5 Å². The van der Waals surface area contributed by atoms with E-state index >= 15 is 0 Å². The Labute approximate surface area is 376 Å². The summed E-state index contributed by atoms with van der Waals surface area (Å²) < 4.78 is 48.0. The van der Waals surface area contributed by atoms with Gasteiger partial charge >= 0.3 is 0 Å². The van der Waals surface area contributed by atoms with Crippen molar-refractivity contribution < 1.29 is 57.0 Å². The number of rotatable bonds is 39. The van der Waals surface area contributed by atoms with E-state index in [2.05, 4.69) is 48.7 Å². The van der Waals surface area contributed by atoms with Crippen LogP contribution in [0.3, 0.4) is 0 Å². The van der Waals surface area contributed by atoms with Crippen LogP contribution >= 0.6 is 0 Å². The van der Waals surface area contributed by atoms with E-state index in [1.807, 2.05) is 41.7 Å². The van der Waals surface area contributed by atoms with E-state index in [4.69, 9.17) is 48.4 Å². The van der Waals surface area contributed by atoms with Gasteiger partial charge in [0.05, 0.1) is 117 Å². The lowest BCUT2D eigenvalue weighted by Crippen LogP contribution is -2.36. The number of aryl methyl sites for hydroxylation is 1. The van der Waals surface area contributed by atoms with Gasteiger partial charge in [-0.2, -0.15) is 0 Å². The predicted octanol–water partition coefficient (Wildman–Crippen LogP) is 5.41. The van der Waals surface area contributed by atoms with Crippen LogP contribution in [0.2, 0.25) is 0 Å². The van der Waals surface area contributed by atoms with E-state index in [-0.39, 0.29) is 24.5 Å². The summed E-state index contributed by atoms with van der Waals surface area (Å²) in [4.78, 5) is 33.1. The summed E-state index contributed by atoms with van der Waals surface area (Å²) in [6, 6.07) is 8.34. The van der Waals surface area contributed by atoms with Gasteiger partial charge in [-0.05, 0) is 89.9 Å². The second kappa shape index (κ2) is 51.2. The fourth-order valence-electron chi connectivity index (χ4n) is 4.71. The molecular weight excluding hydrogens is 799 g/mol. The first-order chi connectivity index (χ1) is 30.0. The van der Waals surface area contributed by atoms with Crippen LogP contribution < -0.4 is 16.4 Å². The molecule has 1 aromatic carbocycles. The summed E-state index contributed by atoms with van der Waals surface area (Å²) in [7, 11) is 3.60. The first-order valence-electron chi connectivity index (χ1n) is 22.8. The SMILES string of the molecule is CC.CC(C)Cc1ccc(CCCC=O)cc1.CNCCCCC(C=O)NC(=O)CCOCCOCCOCCOCCOCCOCCOCCOCCN.COC(C)(C)C. The molecule has 0 aliphatic rings. The monoisotopic (exact) mass is 890 g/mol. The number of unbranched alkanes of at least 4 members (excludes halogenated alkanes) is 2. The van der Waals surface area contributed by atoms with E-state index < -0.39 is 6.04 Å². The standard InChI is InChI=1S/C26H53N3O10.C14H20O.C5H12O.C2H6/c1-28-7-3-2-4-25(24-30)29-26(31)5-8-32-10-12-34-14-16-36-18-20-38-22-23-39-21-19-37-17-15-35-13-11-33-9-6-27;1-12(2)11-14-8-6-13(7-9-14)5-3-4-10-15;1-5(2,3)6-4;1-2/h24-25,28H,2-23,27H2,1H3,(H,29,31);6-10,12H,3-5,11H2,1-2H3;1-4H3;1-2H3. The summed E-state index contributed by atoms with van der Waals surface area (Å²) in [6.07, 6.45) is 8.30. The Morgan fingerprint density at radius 1 is 0.661 bits per heavy atom. The minimum Gasteiger partial charge on any atom is -0.379 e. The molecule has 0 aliphatic heterocycles. The molecule has 0 fully saturated rings. The van der Waals surface area contributed by atoms with Crippen molar-refractivity contribution >= 4 is 18.5 Å². The predicted molar refractivity (Wildman–Crippen MR) is 248 cm³/mol. The number of carbonyl (C=O) groups excluding carboxylic acids is 3. The summed E-state index contributed by atoms with van der Waals surface area (Å²) in [5, 5.41) is 5.78. The molecule has 1 rings (SSSR count). The first kappa shape index (κ1) is 63.9. The van der Waals surface area contributed by atoms with Crippen LogP contribution in [0.4, 0.5) is 0 Å². The third-order valence-electron chi connectivity index (χ3n) is 8.11. The average molecular weight is 890 g/mol. The number of amides is 1. The topological polar surface area (TPSA) is 184 Å². The van der Waals surface area contributed by atoms with Crippen LogP contribution in [0.5, 0.6) is 0 Å². The highest BCUT2D eigenvalue weighted by Crippen LogP contribution is 2.11. The van der Waals surface area contributed by atoms with Gasteiger partial charge in [-0.15, -0.1) is 0 Å². The molecule has 0 radical (unpaired) electrons. The maximum Gasteiger partial charge on any atom is 0.222 e. The molecule has 0 saturated carbocycles. The van der Waals surface area contributed by atoms with E-state index in [0.29, 0.717) is 124 Å². The molecule has 1 amide bonds. The van der Waals surface area contributed by atoms with E-state index in [1.165, 1.54) is 11.1 Å². The highest BCUT2D eigenvalue weighted by Gasteiger charge is 2.11. The first-order valence-corrected chi connectivity index (χ1v) is 22.8. The van der Waals surface area contributed by atoms with Crippen LogP contribution in [0.15, 0.2) is 24.3 Å². The van der Waals surface area contributed by atoms with Gasteiger partial charge in [0.1, 0.15) is 12.6 Å². The van der Waals surface area contributed by atoms with Gasteiger partial charge in [-0.3, -0.25) is 4.79 Å². The van der Waals surface area contributed by atoms with Crippen molar-refractivity contribution in [2.45, 2.75) is 111 Å². The summed E-state index contributed by atoms with van der Waals surface area (Å²) in [5.41, 5.74) is 8.10. The van der Waals surface area contributed by atoms with Gasteiger partial charge in [-0.1, -0.05) is 52.0 Å². The zero-order chi connectivity index (χ0) is 46.8. The average Bonchev–Trinajstić information content (AvgIpc) is 3.26. The van der Waals surface area contributed by atoms with Gasteiger partial charge < -0.3 is 68.6 Å². The Morgan fingerprint density at radius 2 is 1.06 bits per heavy atom. The molecule has 62 heavy (non-hydrogen) atoms. The van der Waals surface area contributed by atoms with Crippen molar-refractivity contribution in [1.82, 2.24) is 10.6 Å². The molecule has 0 bridgehead atoms. The number of ether oxygens (including phenoxy) is 9. The third kappa shape index (κ3) is 53.7. The number of aldehydes is 2. The zero-order valence-corrected chi connectivity index (χ0v) is 40.5. The molecular formula is C47H91N3O12. The molecule has 0 spiro atoms. The molecule has 0 saturated heterocycles. The number of nitrogens with two attached hydrogens (primary N) is 1. The van der Waals surface area contributed by atoms with Crippen LogP contribution in [-0.2, 0) is 69.9 Å². The van der Waals surface area contributed by atoms with Gasteiger partial charge in [0.25, 0.3) is 0 Å². The summed E-state index contributed by atoms with van der Waals surface area (Å²) in [6.45, 7) is 23.6. The molecule has 1 atom stereocenters. The van der Waals surface area contributed by atoms with Crippen molar-refractivity contribution in [3.63, 3.8) is 0 Å². The largest absolute Gasteiger partial charge is 0.379 e. The Kier molecular flexibility index (Phi) is 52.8. The lowest BCUT2D eigenvalue weighted by atomic mass is 10.0. The highest BCUT2D eigenvalue weighted by molar-refractivity contribution is 5.79. The molecule has 0 aliphatic carbocycles. The Hall–Kier alpha value is -2.41. The molecule has 4 N–H and O–H groups in total. The van der Waals surface area contributed by atoms with Crippen molar-refractivity contribution in [3.8, 4) is 0 Å². The van der Waals surface area contributed by atoms with Crippen molar-refractivity contribution in [1.29, 1.82) is 0 Å². The quantitative estimate of drug-likeness (QED) is 0.0564. The van der Waals surface area contributed by atoms with Gasteiger partial charge in [0.2, 0.25) is 5.91 Å². The van der Waals surface area contributed by atoms with Crippen LogP contribution in [0.1, 0.15) is 98.1 Å². The molecule has 1 unspecified atom stereocenters. The number of nitrogens with one attached hydrogen (secondary N) is 2. The second-order valence-corrected chi connectivity index (χ2v) is 15.1. The molecule has 0 heterocycles. The number of methoxy groups -OCH3 is 1. The molecule has 366 valence electrons. The lowest BCUT2D eigenvalue weighted by Gasteiger charge is -2.14.